The van der Waals surface area contributed by atoms with Crippen molar-refractivity contribution in [2.24, 2.45) is 7.05 Å². The van der Waals surface area contributed by atoms with E-state index in [-0.39, 0.29) is 5.75 Å². The Bertz CT molecular complexity index is 564. The van der Waals surface area contributed by atoms with Gasteiger partial charge in [-0.05, 0) is 13.0 Å². The van der Waals surface area contributed by atoms with Crippen molar-refractivity contribution >= 4 is 11.6 Å². The summed E-state index contributed by atoms with van der Waals surface area (Å²) in [5.74, 6) is 0.729. The quantitative estimate of drug-likeness (QED) is 0.894. The van der Waals surface area contributed by atoms with Crippen molar-refractivity contribution in [2.45, 2.75) is 6.92 Å². The first-order chi connectivity index (χ1) is 8.06. The molecule has 0 saturated carbocycles. The Morgan fingerprint density at radius 2 is 2.12 bits per heavy atom. The number of nitrogens with zero attached hydrogens (tertiary/aromatic N) is 2. The molecular weight excluding hydrogens is 240 g/mol. The third-order valence-electron chi connectivity index (χ3n) is 2.69. The molecule has 0 atom stereocenters. The highest BCUT2D eigenvalue weighted by Crippen LogP contribution is 2.37. The molecule has 1 aromatic heterocycles. The number of aromatic hydroxyl groups is 1. The Morgan fingerprint density at radius 3 is 2.71 bits per heavy atom. The van der Waals surface area contributed by atoms with Gasteiger partial charge in [-0.3, -0.25) is 0 Å². The first-order valence-corrected chi connectivity index (χ1v) is 5.49. The Morgan fingerprint density at radius 1 is 1.41 bits per heavy atom. The second-order valence-corrected chi connectivity index (χ2v) is 4.12. The summed E-state index contributed by atoms with van der Waals surface area (Å²) in [4.78, 5) is 0. The zero-order chi connectivity index (χ0) is 12.6. The fraction of sp³-hybridized carbons (Fsp3) is 0.250. The van der Waals surface area contributed by atoms with E-state index in [2.05, 4.69) is 5.10 Å². The normalized spacial score (nSPS) is 10.6. The van der Waals surface area contributed by atoms with E-state index in [9.17, 15) is 5.11 Å². The number of aromatic nitrogens is 2. The number of ether oxygens (including phenoxy) is 1. The van der Waals surface area contributed by atoms with Gasteiger partial charge in [0.15, 0.2) is 0 Å². The number of aryl methyl sites for hydroxylation is 1. The smallest absolute Gasteiger partial charge is 0.231 e. The van der Waals surface area contributed by atoms with Crippen LogP contribution in [0.25, 0.3) is 11.3 Å². The van der Waals surface area contributed by atoms with Crippen molar-refractivity contribution in [1.82, 2.24) is 9.78 Å². The van der Waals surface area contributed by atoms with Gasteiger partial charge < -0.3 is 9.84 Å². The maximum atomic E-state index is 9.68. The van der Waals surface area contributed by atoms with Crippen LogP contribution in [0.1, 0.15) is 5.56 Å². The predicted molar refractivity (Wildman–Crippen MR) is 66.6 cm³/mol. The summed E-state index contributed by atoms with van der Waals surface area (Å²) in [5, 5.41) is 14.4. The van der Waals surface area contributed by atoms with E-state index in [1.54, 1.807) is 31.0 Å². The van der Waals surface area contributed by atoms with Crippen LogP contribution in [0.2, 0.25) is 5.02 Å². The van der Waals surface area contributed by atoms with E-state index < -0.39 is 0 Å². The maximum Gasteiger partial charge on any atom is 0.231 e. The van der Waals surface area contributed by atoms with Crippen LogP contribution >= 0.6 is 11.6 Å². The fourth-order valence-corrected chi connectivity index (χ4v) is 2.10. The van der Waals surface area contributed by atoms with Crippen LogP contribution in [0.5, 0.6) is 11.6 Å². The highest BCUT2D eigenvalue weighted by molar-refractivity contribution is 6.34. The van der Waals surface area contributed by atoms with Gasteiger partial charge in [0.2, 0.25) is 5.88 Å². The number of hydrogen-bond acceptors (Lipinski definition) is 3. The number of benzene rings is 1. The minimum Gasteiger partial charge on any atom is -0.508 e. The molecule has 2 rings (SSSR count). The average Bonchev–Trinajstić information content (AvgIpc) is 2.58. The van der Waals surface area contributed by atoms with Gasteiger partial charge in [0.05, 0.1) is 7.11 Å². The lowest BCUT2D eigenvalue weighted by Gasteiger charge is -2.04. The molecule has 1 heterocycles. The predicted octanol–water partition coefficient (Wildman–Crippen LogP) is 2.76. The molecule has 90 valence electrons. The van der Waals surface area contributed by atoms with Gasteiger partial charge in [0.1, 0.15) is 16.5 Å². The lowest BCUT2D eigenvalue weighted by molar-refractivity contribution is 0.373. The fourth-order valence-electron chi connectivity index (χ4n) is 1.76. The summed E-state index contributed by atoms with van der Waals surface area (Å²) >= 11 is 6.20. The Balaban J connectivity index is 2.65. The molecule has 0 bridgehead atoms. The number of halogens is 1. The molecule has 0 fully saturated rings. The van der Waals surface area contributed by atoms with Gasteiger partial charge in [-0.25, -0.2) is 4.68 Å². The van der Waals surface area contributed by atoms with Crippen molar-refractivity contribution in [3.05, 3.63) is 28.8 Å². The highest BCUT2D eigenvalue weighted by atomic mass is 35.5. The summed E-state index contributed by atoms with van der Waals surface area (Å²) in [6, 6.07) is 5.25. The summed E-state index contributed by atoms with van der Waals surface area (Å²) in [5.41, 5.74) is 2.16. The molecule has 0 aliphatic carbocycles. The molecule has 0 radical (unpaired) electrons. The monoisotopic (exact) mass is 252 g/mol. The van der Waals surface area contributed by atoms with Crippen LogP contribution in [0.4, 0.5) is 0 Å². The third-order valence-corrected chi connectivity index (χ3v) is 3.03. The second-order valence-electron chi connectivity index (χ2n) is 3.75. The molecule has 1 aromatic carbocycles. The molecule has 0 amide bonds. The van der Waals surface area contributed by atoms with E-state index >= 15 is 0 Å². The van der Waals surface area contributed by atoms with Gasteiger partial charge in [0, 0.05) is 18.2 Å². The summed E-state index contributed by atoms with van der Waals surface area (Å²) in [6.07, 6.45) is 0. The molecule has 0 spiro atoms. The standard InChI is InChI=1S/C12H13ClN2O2/c1-7-8(5-4-6-9(7)16)11-10(13)12(17-3)15(2)14-11/h4-6,16H,1-3H3. The first-order valence-electron chi connectivity index (χ1n) is 5.11. The van der Waals surface area contributed by atoms with Crippen molar-refractivity contribution in [2.75, 3.05) is 7.11 Å². The van der Waals surface area contributed by atoms with Crippen LogP contribution in [0.15, 0.2) is 18.2 Å². The van der Waals surface area contributed by atoms with E-state index in [0.29, 0.717) is 16.6 Å². The Kier molecular flexibility index (Phi) is 2.98. The van der Waals surface area contributed by atoms with E-state index in [4.69, 9.17) is 16.3 Å². The van der Waals surface area contributed by atoms with Crippen molar-refractivity contribution in [3.63, 3.8) is 0 Å². The van der Waals surface area contributed by atoms with Gasteiger partial charge in [-0.2, -0.15) is 5.10 Å². The van der Waals surface area contributed by atoms with Crippen molar-refractivity contribution < 1.29 is 9.84 Å². The maximum absolute atomic E-state index is 9.68. The second kappa shape index (κ2) is 4.30. The molecule has 5 heteroatoms. The molecular formula is C12H13ClN2O2. The minimum atomic E-state index is 0.225. The van der Waals surface area contributed by atoms with E-state index in [1.165, 1.54) is 0 Å². The zero-order valence-electron chi connectivity index (χ0n) is 9.86. The van der Waals surface area contributed by atoms with E-state index in [1.807, 2.05) is 13.0 Å². The van der Waals surface area contributed by atoms with Crippen LogP contribution in [-0.2, 0) is 7.05 Å². The lowest BCUT2D eigenvalue weighted by atomic mass is 10.1. The summed E-state index contributed by atoms with van der Waals surface area (Å²) in [6.45, 7) is 1.82. The minimum absolute atomic E-state index is 0.225. The topological polar surface area (TPSA) is 47.3 Å². The van der Waals surface area contributed by atoms with Crippen LogP contribution in [-0.4, -0.2) is 22.0 Å². The number of rotatable bonds is 2. The first kappa shape index (κ1) is 11.8. The van der Waals surface area contributed by atoms with Crippen molar-refractivity contribution in [3.8, 4) is 22.9 Å². The van der Waals surface area contributed by atoms with Gasteiger partial charge in [0.25, 0.3) is 0 Å². The summed E-state index contributed by atoms with van der Waals surface area (Å²) < 4.78 is 6.72. The molecule has 4 nitrogen and oxygen atoms in total. The number of hydrogen-bond donors (Lipinski definition) is 1. The summed E-state index contributed by atoms with van der Waals surface area (Å²) in [7, 11) is 3.30. The number of phenols is 1. The molecule has 0 saturated heterocycles. The zero-order valence-corrected chi connectivity index (χ0v) is 10.6. The average molecular weight is 253 g/mol. The molecule has 0 unspecified atom stereocenters. The Labute approximate surface area is 104 Å². The van der Waals surface area contributed by atoms with Crippen LogP contribution in [0.3, 0.4) is 0 Å². The van der Waals surface area contributed by atoms with Crippen LogP contribution < -0.4 is 4.74 Å². The SMILES string of the molecule is COc1c(Cl)c(-c2cccc(O)c2C)nn1C. The van der Waals surface area contributed by atoms with Gasteiger partial charge in [-0.15, -0.1) is 0 Å². The number of methoxy groups -OCH3 is 1. The molecule has 17 heavy (non-hydrogen) atoms. The highest BCUT2D eigenvalue weighted by Gasteiger charge is 2.18. The third kappa shape index (κ3) is 1.85. The van der Waals surface area contributed by atoms with Crippen LogP contribution in [0, 0.1) is 6.92 Å². The molecule has 0 aliphatic heterocycles. The largest absolute Gasteiger partial charge is 0.508 e. The molecule has 1 N–H and O–H groups in total. The Hall–Kier alpha value is -1.68. The molecule has 2 aromatic rings. The molecule has 0 aliphatic rings. The van der Waals surface area contributed by atoms with E-state index in [0.717, 1.165) is 11.1 Å². The van der Waals surface area contributed by atoms with Crippen molar-refractivity contribution in [1.29, 1.82) is 0 Å². The number of phenolic OH excluding ortho intramolecular Hbond substituents is 1. The lowest BCUT2D eigenvalue weighted by Crippen LogP contribution is -1.95. The van der Waals surface area contributed by atoms with Gasteiger partial charge in [-0.1, -0.05) is 23.7 Å². The van der Waals surface area contributed by atoms with Gasteiger partial charge >= 0.3 is 0 Å².